The van der Waals surface area contributed by atoms with Crippen LogP contribution in [0.4, 0.5) is 10.7 Å². The first-order chi connectivity index (χ1) is 6.85. The molecule has 0 atom stereocenters. The fraction of sp³-hybridized carbons (Fsp3) is 0.333. The number of nitrogens with zero attached hydrogens (tertiary/aromatic N) is 2. The summed E-state index contributed by atoms with van der Waals surface area (Å²) in [5.41, 5.74) is 0.388. The normalized spacial score (nSPS) is 16.4. The topological polar surface area (TPSA) is 27.2 Å². The Hall–Kier alpha value is -1.40. The van der Waals surface area contributed by atoms with Crippen LogP contribution in [0.2, 0.25) is 0 Å². The van der Waals surface area contributed by atoms with E-state index in [1.807, 2.05) is 0 Å². The molecular formula is C9H6N2O2S. The highest BCUT2D eigenvalue weighted by Gasteiger charge is 2.22. The first-order valence-electron chi connectivity index (χ1n) is 3.97. The highest BCUT2D eigenvalue weighted by molar-refractivity contribution is 7.17. The van der Waals surface area contributed by atoms with Crippen molar-refractivity contribution in [3.63, 3.8) is 0 Å². The van der Waals surface area contributed by atoms with E-state index >= 15 is 0 Å². The van der Waals surface area contributed by atoms with Gasteiger partial charge < -0.3 is 9.47 Å². The molecule has 0 bridgehead atoms. The molecule has 1 aliphatic heterocycles. The lowest BCUT2D eigenvalue weighted by Gasteiger charge is -2.04. The minimum absolute atomic E-state index is 0.379. The number of hydrogen-bond donors (Lipinski definition) is 0. The van der Waals surface area contributed by atoms with Gasteiger partial charge in [-0.25, -0.2) is 9.69 Å². The van der Waals surface area contributed by atoms with E-state index in [0.29, 0.717) is 23.9 Å². The van der Waals surface area contributed by atoms with E-state index in [2.05, 4.69) is 9.69 Å². The van der Waals surface area contributed by atoms with Crippen LogP contribution >= 0.6 is 11.3 Å². The van der Waals surface area contributed by atoms with Crippen LogP contribution in [0.5, 0.6) is 0 Å². The third-order valence-electron chi connectivity index (χ3n) is 1.79. The molecule has 2 heterocycles. The second-order valence-electron chi connectivity index (χ2n) is 2.64. The summed E-state index contributed by atoms with van der Waals surface area (Å²) in [5.74, 6) is 0. The summed E-state index contributed by atoms with van der Waals surface area (Å²) in [5, 5.41) is 0.411. The molecule has 1 aromatic rings. The zero-order valence-electron chi connectivity index (χ0n) is 7.19. The molecule has 0 saturated carbocycles. The minimum atomic E-state index is -0.379. The first kappa shape index (κ1) is 9.17. The fourth-order valence-corrected chi connectivity index (χ4v) is 2.07. The summed E-state index contributed by atoms with van der Waals surface area (Å²) in [6.07, 6.45) is -0.379. The van der Waals surface area contributed by atoms with Crippen LogP contribution in [0.3, 0.4) is 0 Å². The molecule has 0 aromatic carbocycles. The third kappa shape index (κ3) is 1.49. The number of thiophene rings is 1. The predicted octanol–water partition coefficient (Wildman–Crippen LogP) is 2.90. The van der Waals surface area contributed by atoms with Crippen molar-refractivity contribution in [2.75, 3.05) is 13.2 Å². The van der Waals surface area contributed by atoms with Crippen molar-refractivity contribution in [3.05, 3.63) is 33.8 Å². The molecule has 1 aromatic heterocycles. The van der Waals surface area contributed by atoms with Crippen molar-refractivity contribution in [2.24, 2.45) is 0 Å². The highest BCUT2D eigenvalue weighted by Crippen LogP contribution is 2.42. The molecule has 0 radical (unpaired) electrons. The molecule has 14 heavy (non-hydrogen) atoms. The number of ether oxygens (including phenoxy) is 2. The van der Waals surface area contributed by atoms with Gasteiger partial charge in [0.05, 0.1) is 26.4 Å². The Morgan fingerprint density at radius 2 is 2.00 bits per heavy atom. The van der Waals surface area contributed by atoms with E-state index in [1.54, 1.807) is 6.07 Å². The van der Waals surface area contributed by atoms with Gasteiger partial charge in [0.15, 0.2) is 6.29 Å². The van der Waals surface area contributed by atoms with Gasteiger partial charge >= 0.3 is 0 Å². The molecule has 0 amide bonds. The van der Waals surface area contributed by atoms with Gasteiger partial charge in [0.25, 0.3) is 0 Å². The van der Waals surface area contributed by atoms with E-state index < -0.39 is 0 Å². The molecular weight excluding hydrogens is 200 g/mol. The summed E-state index contributed by atoms with van der Waals surface area (Å²) in [6, 6.07) is 1.67. The number of hydrogen-bond acceptors (Lipinski definition) is 3. The van der Waals surface area contributed by atoms with Crippen LogP contribution in [0.25, 0.3) is 9.69 Å². The maximum Gasteiger partial charge on any atom is 0.248 e. The minimum Gasteiger partial charge on any atom is -0.345 e. The SMILES string of the molecule is [C-]#[N+]c1cc(C2OCCO2)sc1[N+]#[C-]. The lowest BCUT2D eigenvalue weighted by Crippen LogP contribution is -1.93. The van der Waals surface area contributed by atoms with Gasteiger partial charge in [-0.3, -0.25) is 0 Å². The second kappa shape index (κ2) is 3.77. The van der Waals surface area contributed by atoms with Gasteiger partial charge in [0, 0.05) is 4.88 Å². The van der Waals surface area contributed by atoms with Crippen LogP contribution in [0, 0.1) is 13.1 Å². The van der Waals surface area contributed by atoms with E-state index in [-0.39, 0.29) is 6.29 Å². The van der Waals surface area contributed by atoms with E-state index in [4.69, 9.17) is 22.6 Å². The molecule has 0 N–H and O–H groups in total. The smallest absolute Gasteiger partial charge is 0.248 e. The van der Waals surface area contributed by atoms with Crippen molar-refractivity contribution in [1.82, 2.24) is 0 Å². The Balaban J connectivity index is 2.32. The van der Waals surface area contributed by atoms with Crippen LogP contribution in [-0.2, 0) is 9.47 Å². The largest absolute Gasteiger partial charge is 0.345 e. The van der Waals surface area contributed by atoms with Crippen molar-refractivity contribution < 1.29 is 9.47 Å². The quantitative estimate of drug-likeness (QED) is 0.660. The molecule has 70 valence electrons. The molecule has 1 fully saturated rings. The maximum atomic E-state index is 6.88. The maximum absolute atomic E-state index is 6.88. The first-order valence-corrected chi connectivity index (χ1v) is 4.78. The van der Waals surface area contributed by atoms with Crippen LogP contribution in [-0.4, -0.2) is 13.2 Å². The highest BCUT2D eigenvalue weighted by atomic mass is 32.1. The molecule has 1 aliphatic rings. The lowest BCUT2D eigenvalue weighted by atomic mass is 10.4. The summed E-state index contributed by atoms with van der Waals surface area (Å²) >= 11 is 1.26. The zero-order chi connectivity index (χ0) is 9.97. The summed E-state index contributed by atoms with van der Waals surface area (Å²) in [4.78, 5) is 7.35. The van der Waals surface area contributed by atoms with Crippen molar-refractivity contribution >= 4 is 22.0 Å². The fourth-order valence-electron chi connectivity index (χ4n) is 1.19. The summed E-state index contributed by atoms with van der Waals surface area (Å²) < 4.78 is 10.6. The second-order valence-corrected chi connectivity index (χ2v) is 3.70. The molecule has 4 nitrogen and oxygen atoms in total. The van der Waals surface area contributed by atoms with Gasteiger partial charge in [-0.2, -0.15) is 11.3 Å². The van der Waals surface area contributed by atoms with Crippen molar-refractivity contribution in [2.45, 2.75) is 6.29 Å². The lowest BCUT2D eigenvalue weighted by molar-refractivity contribution is -0.0413. The molecule has 1 saturated heterocycles. The standard InChI is InChI=1S/C9H6N2O2S/c1-10-6-5-7(14-8(6)11-2)9-12-3-4-13-9/h5,9H,3-4H2. The molecule has 0 unspecified atom stereocenters. The number of rotatable bonds is 1. The van der Waals surface area contributed by atoms with Crippen molar-refractivity contribution in [3.8, 4) is 0 Å². The van der Waals surface area contributed by atoms with Crippen LogP contribution in [0.15, 0.2) is 6.07 Å². The van der Waals surface area contributed by atoms with Crippen molar-refractivity contribution in [1.29, 1.82) is 0 Å². The van der Waals surface area contributed by atoms with Gasteiger partial charge in [-0.1, -0.05) is 6.07 Å². The molecule has 0 aliphatic carbocycles. The monoisotopic (exact) mass is 206 g/mol. The van der Waals surface area contributed by atoms with Crippen LogP contribution in [0.1, 0.15) is 11.2 Å². The molecule has 2 rings (SSSR count). The van der Waals surface area contributed by atoms with E-state index in [1.165, 1.54) is 11.3 Å². The van der Waals surface area contributed by atoms with Crippen LogP contribution < -0.4 is 0 Å². The summed E-state index contributed by atoms with van der Waals surface area (Å²) in [6.45, 7) is 14.9. The zero-order valence-corrected chi connectivity index (χ0v) is 8.00. The van der Waals surface area contributed by atoms with Gasteiger partial charge in [-0.15, -0.1) is 0 Å². The molecule has 5 heteroatoms. The Kier molecular flexibility index (Phi) is 2.47. The van der Waals surface area contributed by atoms with Gasteiger partial charge in [0.1, 0.15) is 0 Å². The van der Waals surface area contributed by atoms with Gasteiger partial charge in [-0.05, 0) is 0 Å². The Bertz CT molecular complexity index is 390. The summed E-state index contributed by atoms with van der Waals surface area (Å²) in [7, 11) is 0. The van der Waals surface area contributed by atoms with E-state index in [9.17, 15) is 0 Å². The average Bonchev–Trinajstić information content (AvgIpc) is 2.85. The average molecular weight is 206 g/mol. The third-order valence-corrected chi connectivity index (χ3v) is 2.83. The van der Waals surface area contributed by atoms with Gasteiger partial charge in [0.2, 0.25) is 10.7 Å². The predicted molar refractivity (Wildman–Crippen MR) is 51.5 cm³/mol. The Morgan fingerprint density at radius 3 is 2.50 bits per heavy atom. The molecule has 0 spiro atoms. The Labute approximate surface area is 85.3 Å². The Morgan fingerprint density at radius 1 is 1.29 bits per heavy atom. The van der Waals surface area contributed by atoms with E-state index in [0.717, 1.165) is 4.88 Å².